The number of aromatic nitrogens is 3. The number of hydrogen-bond donors (Lipinski definition) is 2. The molecule has 0 bridgehead atoms. The van der Waals surface area contributed by atoms with Gasteiger partial charge in [-0.1, -0.05) is 37.7 Å². The van der Waals surface area contributed by atoms with E-state index in [4.69, 9.17) is 5.73 Å². The number of alkyl halides is 2. The van der Waals surface area contributed by atoms with Crippen molar-refractivity contribution in [1.82, 2.24) is 20.1 Å². The Morgan fingerprint density at radius 3 is 2.52 bits per heavy atom. The number of benzene rings is 1. The van der Waals surface area contributed by atoms with Crippen LogP contribution in [-0.2, 0) is 29.0 Å². The number of thioether (sulfide) groups is 1. The predicted octanol–water partition coefficient (Wildman–Crippen LogP) is 2.40. The minimum atomic E-state index is -2.85. The molecule has 0 saturated carbocycles. The molecule has 1 heterocycles. The third kappa shape index (κ3) is 8.91. The van der Waals surface area contributed by atoms with Gasteiger partial charge in [0.15, 0.2) is 5.16 Å². The molecule has 31 heavy (non-hydrogen) atoms. The average Bonchev–Trinajstić information content (AvgIpc) is 3.06. The summed E-state index contributed by atoms with van der Waals surface area (Å²) in [5, 5.41) is 11.7. The lowest BCUT2D eigenvalue weighted by molar-refractivity contribution is -0.119. The Bertz CT molecular complexity index is 859. The molecule has 0 aliphatic heterocycles. The topological polar surface area (TPSA) is 112 Å². The first-order chi connectivity index (χ1) is 14.7. The van der Waals surface area contributed by atoms with E-state index in [1.54, 1.807) is 12.1 Å². The van der Waals surface area contributed by atoms with Crippen molar-refractivity contribution in [3.63, 3.8) is 0 Å². The third-order valence-corrected chi connectivity index (χ3v) is 5.12. The Kier molecular flexibility index (Phi) is 9.70. The van der Waals surface area contributed by atoms with Crippen LogP contribution in [0.15, 0.2) is 29.4 Å². The van der Waals surface area contributed by atoms with Crippen molar-refractivity contribution >= 4 is 23.6 Å². The smallest absolute Gasteiger partial charge is 0.387 e. The molecule has 2 rings (SSSR count). The maximum absolute atomic E-state index is 12.2. The van der Waals surface area contributed by atoms with Gasteiger partial charge in [0.2, 0.25) is 11.8 Å². The summed E-state index contributed by atoms with van der Waals surface area (Å²) in [4.78, 5) is 23.2. The molecule has 0 aliphatic carbocycles. The van der Waals surface area contributed by atoms with Crippen LogP contribution in [0.25, 0.3) is 0 Å². The van der Waals surface area contributed by atoms with Crippen molar-refractivity contribution in [2.45, 2.75) is 51.4 Å². The molecule has 0 fully saturated rings. The molecular weight excluding hydrogens is 428 g/mol. The Hall–Kier alpha value is -2.69. The lowest BCUT2D eigenvalue weighted by Crippen LogP contribution is -2.27. The minimum absolute atomic E-state index is 0.0971. The van der Waals surface area contributed by atoms with Crippen molar-refractivity contribution in [3.05, 3.63) is 35.7 Å². The zero-order valence-corrected chi connectivity index (χ0v) is 18.3. The van der Waals surface area contributed by atoms with Crippen LogP contribution in [0, 0.1) is 5.92 Å². The molecular formula is C20H27F2N5O3S. The van der Waals surface area contributed by atoms with Crippen LogP contribution >= 0.6 is 11.8 Å². The lowest BCUT2D eigenvalue weighted by Gasteiger charge is -2.12. The maximum atomic E-state index is 12.2. The summed E-state index contributed by atoms with van der Waals surface area (Å²) < 4.78 is 30.6. The second-order valence-electron chi connectivity index (χ2n) is 7.28. The summed E-state index contributed by atoms with van der Waals surface area (Å²) in [6.07, 6.45) is 1.16. The fourth-order valence-corrected chi connectivity index (χ4v) is 3.56. The van der Waals surface area contributed by atoms with Crippen molar-refractivity contribution in [2.75, 3.05) is 12.3 Å². The summed E-state index contributed by atoms with van der Waals surface area (Å²) in [6, 6.07) is 6.30. The standard InChI is InChI=1S/C20H27F2N5O3S/c1-13(2)11-27-17(8-7-16(23)28)25-26-20(27)31-12-18(29)24-10-9-14-3-5-15(6-4-14)30-19(21)22/h3-6,13,19H,7-12H2,1-2H3,(H2,23,28)(H,24,29). The third-order valence-electron chi connectivity index (χ3n) is 4.15. The van der Waals surface area contributed by atoms with E-state index in [0.717, 1.165) is 5.56 Å². The van der Waals surface area contributed by atoms with Gasteiger partial charge in [0.1, 0.15) is 11.6 Å². The van der Waals surface area contributed by atoms with Gasteiger partial charge in [-0.05, 0) is 30.0 Å². The SMILES string of the molecule is CC(C)Cn1c(CCC(N)=O)nnc1SCC(=O)NCCc1ccc(OC(F)F)cc1. The zero-order chi connectivity index (χ0) is 22.8. The first kappa shape index (κ1) is 24.6. The van der Waals surface area contributed by atoms with E-state index >= 15 is 0 Å². The van der Waals surface area contributed by atoms with Crippen LogP contribution in [-0.4, -0.2) is 45.5 Å². The number of nitrogens with one attached hydrogen (secondary N) is 1. The van der Waals surface area contributed by atoms with Gasteiger partial charge in [0.25, 0.3) is 0 Å². The van der Waals surface area contributed by atoms with Crippen LogP contribution < -0.4 is 15.8 Å². The van der Waals surface area contributed by atoms with E-state index in [1.165, 1.54) is 23.9 Å². The Balaban J connectivity index is 1.81. The van der Waals surface area contributed by atoms with Gasteiger partial charge < -0.3 is 20.4 Å². The Morgan fingerprint density at radius 1 is 1.19 bits per heavy atom. The van der Waals surface area contributed by atoms with Crippen molar-refractivity contribution in [3.8, 4) is 5.75 Å². The molecule has 2 aromatic rings. The van der Waals surface area contributed by atoms with E-state index in [-0.39, 0.29) is 23.8 Å². The number of aryl methyl sites for hydroxylation is 1. The van der Waals surface area contributed by atoms with Crippen molar-refractivity contribution < 1.29 is 23.1 Å². The number of ether oxygens (including phenoxy) is 1. The highest BCUT2D eigenvalue weighted by Crippen LogP contribution is 2.19. The van der Waals surface area contributed by atoms with Gasteiger partial charge in [0, 0.05) is 25.9 Å². The highest BCUT2D eigenvalue weighted by Gasteiger charge is 2.16. The highest BCUT2D eigenvalue weighted by atomic mass is 32.2. The number of halogens is 2. The molecule has 1 aromatic carbocycles. The number of nitrogens with zero attached hydrogens (tertiary/aromatic N) is 3. The monoisotopic (exact) mass is 455 g/mol. The largest absolute Gasteiger partial charge is 0.435 e. The number of rotatable bonds is 13. The molecule has 0 saturated heterocycles. The summed E-state index contributed by atoms with van der Waals surface area (Å²) in [6.45, 7) is 2.36. The summed E-state index contributed by atoms with van der Waals surface area (Å²) >= 11 is 1.28. The van der Waals surface area contributed by atoms with Crippen LogP contribution in [0.4, 0.5) is 8.78 Å². The van der Waals surface area contributed by atoms with Crippen LogP contribution in [0.1, 0.15) is 31.7 Å². The van der Waals surface area contributed by atoms with Crippen LogP contribution in [0.2, 0.25) is 0 Å². The highest BCUT2D eigenvalue weighted by molar-refractivity contribution is 7.99. The first-order valence-corrected chi connectivity index (χ1v) is 10.9. The molecule has 3 N–H and O–H groups in total. The molecule has 8 nitrogen and oxygen atoms in total. The van der Waals surface area contributed by atoms with Gasteiger partial charge in [0.05, 0.1) is 5.75 Å². The maximum Gasteiger partial charge on any atom is 0.387 e. The predicted molar refractivity (Wildman–Crippen MR) is 113 cm³/mol. The molecule has 0 radical (unpaired) electrons. The second-order valence-corrected chi connectivity index (χ2v) is 8.22. The number of carbonyl (C=O) groups is 2. The van der Waals surface area contributed by atoms with E-state index in [0.29, 0.717) is 42.8 Å². The lowest BCUT2D eigenvalue weighted by atomic mass is 10.1. The van der Waals surface area contributed by atoms with Gasteiger partial charge in [-0.15, -0.1) is 10.2 Å². The van der Waals surface area contributed by atoms with Crippen LogP contribution in [0.3, 0.4) is 0 Å². The summed E-state index contributed by atoms with van der Waals surface area (Å²) in [5.41, 5.74) is 6.11. The number of amides is 2. The average molecular weight is 456 g/mol. The molecule has 0 spiro atoms. The van der Waals surface area contributed by atoms with Gasteiger partial charge in [-0.25, -0.2) is 0 Å². The molecule has 0 unspecified atom stereocenters. The number of primary amides is 1. The molecule has 0 atom stereocenters. The number of nitrogens with two attached hydrogens (primary N) is 1. The normalized spacial score (nSPS) is 11.2. The molecule has 0 aliphatic rings. The fraction of sp³-hybridized carbons (Fsp3) is 0.500. The molecule has 1 aromatic heterocycles. The van der Waals surface area contributed by atoms with E-state index in [1.807, 2.05) is 4.57 Å². The molecule has 11 heteroatoms. The van der Waals surface area contributed by atoms with Gasteiger partial charge >= 0.3 is 6.61 Å². The van der Waals surface area contributed by atoms with Crippen LogP contribution in [0.5, 0.6) is 5.75 Å². The quantitative estimate of drug-likeness (QED) is 0.449. The van der Waals surface area contributed by atoms with E-state index in [9.17, 15) is 18.4 Å². The van der Waals surface area contributed by atoms with Gasteiger partial charge in [-0.3, -0.25) is 9.59 Å². The molecule has 170 valence electrons. The molecule has 2 amide bonds. The van der Waals surface area contributed by atoms with E-state index in [2.05, 4.69) is 34.1 Å². The minimum Gasteiger partial charge on any atom is -0.435 e. The Labute approximate surface area is 183 Å². The Morgan fingerprint density at radius 2 is 1.90 bits per heavy atom. The second kappa shape index (κ2) is 12.2. The number of carbonyl (C=O) groups excluding carboxylic acids is 2. The summed E-state index contributed by atoms with van der Waals surface area (Å²) in [7, 11) is 0. The fourth-order valence-electron chi connectivity index (χ4n) is 2.76. The number of hydrogen-bond acceptors (Lipinski definition) is 6. The first-order valence-electron chi connectivity index (χ1n) is 9.88. The van der Waals surface area contributed by atoms with Gasteiger partial charge in [-0.2, -0.15) is 8.78 Å². The zero-order valence-electron chi connectivity index (χ0n) is 17.5. The van der Waals surface area contributed by atoms with Crippen molar-refractivity contribution in [1.29, 1.82) is 0 Å². The van der Waals surface area contributed by atoms with Crippen molar-refractivity contribution in [2.24, 2.45) is 11.7 Å². The summed E-state index contributed by atoms with van der Waals surface area (Å²) in [5.74, 6) is 0.737. The van der Waals surface area contributed by atoms with E-state index < -0.39 is 12.5 Å².